The van der Waals surface area contributed by atoms with Crippen LogP contribution in [0.2, 0.25) is 0 Å². The Morgan fingerprint density at radius 1 is 1.35 bits per heavy atom. The van der Waals surface area contributed by atoms with Gasteiger partial charge in [-0.25, -0.2) is 4.39 Å². The number of halogens is 1. The minimum Gasteiger partial charge on any atom is -0.391 e. The molecule has 0 unspecified atom stereocenters. The van der Waals surface area contributed by atoms with Crippen molar-refractivity contribution in [1.82, 2.24) is 14.7 Å². The maximum absolute atomic E-state index is 13.1. The van der Waals surface area contributed by atoms with Gasteiger partial charge in [-0.15, -0.1) is 0 Å². The van der Waals surface area contributed by atoms with Gasteiger partial charge in [0.1, 0.15) is 5.82 Å². The molecule has 0 saturated carbocycles. The second-order valence-corrected chi connectivity index (χ2v) is 6.22. The topological polar surface area (TPSA) is 58.4 Å². The van der Waals surface area contributed by atoms with Crippen molar-refractivity contribution < 1.29 is 14.3 Å². The summed E-state index contributed by atoms with van der Waals surface area (Å²) in [6, 6.07) is 6.00. The van der Waals surface area contributed by atoms with Crippen molar-refractivity contribution in [1.29, 1.82) is 0 Å². The molecule has 5 nitrogen and oxygen atoms in total. The Kier molecular flexibility index (Phi) is 4.17. The van der Waals surface area contributed by atoms with Crippen molar-refractivity contribution in [3.8, 4) is 0 Å². The van der Waals surface area contributed by atoms with Gasteiger partial charge in [0.2, 0.25) is 0 Å². The molecule has 0 spiro atoms. The number of hydrogen-bond donors (Lipinski definition) is 1. The molecule has 1 N–H and O–H groups in total. The summed E-state index contributed by atoms with van der Waals surface area (Å²) < 4.78 is 14.8. The third-order valence-electron chi connectivity index (χ3n) is 4.17. The number of carbonyl (C=O) groups is 1. The van der Waals surface area contributed by atoms with Crippen LogP contribution in [0.3, 0.4) is 0 Å². The molecule has 1 saturated heterocycles. The van der Waals surface area contributed by atoms with E-state index in [1.165, 1.54) is 12.1 Å². The zero-order valence-electron chi connectivity index (χ0n) is 13.2. The number of aliphatic hydroxyl groups excluding tert-OH is 1. The minimum absolute atomic E-state index is 0.164. The molecule has 0 aliphatic carbocycles. The molecule has 1 aliphatic rings. The first-order valence-corrected chi connectivity index (χ1v) is 7.74. The predicted octanol–water partition coefficient (Wildman–Crippen LogP) is 2.55. The number of aliphatic hydroxyl groups is 1. The van der Waals surface area contributed by atoms with Crippen LogP contribution in [-0.2, 0) is 0 Å². The molecule has 122 valence electrons. The van der Waals surface area contributed by atoms with Crippen LogP contribution >= 0.6 is 0 Å². The number of aromatic nitrogens is 2. The molecule has 2 aromatic rings. The molecule has 6 heteroatoms. The quantitative estimate of drug-likeness (QED) is 0.946. The highest BCUT2D eigenvalue weighted by Crippen LogP contribution is 2.33. The average Bonchev–Trinajstić information content (AvgIpc) is 3.14. The van der Waals surface area contributed by atoms with E-state index in [1.54, 1.807) is 34.1 Å². The van der Waals surface area contributed by atoms with E-state index in [0.29, 0.717) is 12.0 Å². The van der Waals surface area contributed by atoms with Crippen molar-refractivity contribution in [3.05, 3.63) is 53.6 Å². The monoisotopic (exact) mass is 317 g/mol. The molecular weight excluding hydrogens is 297 g/mol. The number of nitrogens with zero attached hydrogens (tertiary/aromatic N) is 3. The first kappa shape index (κ1) is 15.7. The van der Waals surface area contributed by atoms with E-state index in [0.717, 1.165) is 5.56 Å². The minimum atomic E-state index is -0.575. The van der Waals surface area contributed by atoms with Crippen LogP contribution in [0.25, 0.3) is 0 Å². The Morgan fingerprint density at radius 2 is 2.04 bits per heavy atom. The van der Waals surface area contributed by atoms with Gasteiger partial charge in [-0.2, -0.15) is 5.10 Å². The Hall–Kier alpha value is -2.21. The van der Waals surface area contributed by atoms with Crippen LogP contribution in [-0.4, -0.2) is 38.3 Å². The lowest BCUT2D eigenvalue weighted by molar-refractivity contribution is 0.0715. The standard InChI is InChI=1S/C17H20FN3O2/c1-11(2)21-9-13(8-19-21)17(23)20-10-15(22)7-16(20)12-3-5-14(18)6-4-12/h3-6,8-9,11,15-16,22H,7,10H2,1-2H3/t15-,16-/m1/s1. The summed E-state index contributed by atoms with van der Waals surface area (Å²) in [4.78, 5) is 14.4. The normalized spacial score (nSPS) is 21.2. The first-order chi connectivity index (χ1) is 11.0. The zero-order chi connectivity index (χ0) is 16.6. The molecule has 0 radical (unpaired) electrons. The van der Waals surface area contributed by atoms with Gasteiger partial charge in [0.05, 0.1) is 23.9 Å². The van der Waals surface area contributed by atoms with E-state index in [9.17, 15) is 14.3 Å². The summed E-state index contributed by atoms with van der Waals surface area (Å²) in [6.07, 6.45) is 3.15. The third kappa shape index (κ3) is 3.12. The van der Waals surface area contributed by atoms with E-state index in [2.05, 4.69) is 5.10 Å². The largest absolute Gasteiger partial charge is 0.391 e. The maximum Gasteiger partial charge on any atom is 0.257 e. The zero-order valence-corrected chi connectivity index (χ0v) is 13.2. The highest BCUT2D eigenvalue weighted by atomic mass is 19.1. The molecule has 2 heterocycles. The smallest absolute Gasteiger partial charge is 0.257 e. The van der Waals surface area contributed by atoms with Crippen molar-refractivity contribution in [2.75, 3.05) is 6.54 Å². The summed E-state index contributed by atoms with van der Waals surface area (Å²) >= 11 is 0. The van der Waals surface area contributed by atoms with Gasteiger partial charge in [-0.1, -0.05) is 12.1 Å². The summed E-state index contributed by atoms with van der Waals surface area (Å²) in [5.74, 6) is -0.480. The Balaban J connectivity index is 1.86. The summed E-state index contributed by atoms with van der Waals surface area (Å²) in [5, 5.41) is 14.2. The molecular formula is C17H20FN3O2. The van der Waals surface area contributed by atoms with Gasteiger partial charge in [-0.3, -0.25) is 9.48 Å². The number of likely N-dealkylation sites (tertiary alicyclic amines) is 1. The average molecular weight is 317 g/mol. The molecule has 2 atom stereocenters. The number of benzene rings is 1. The number of carbonyl (C=O) groups excluding carboxylic acids is 1. The predicted molar refractivity (Wildman–Crippen MR) is 83.4 cm³/mol. The molecule has 0 bridgehead atoms. The van der Waals surface area contributed by atoms with Gasteiger partial charge < -0.3 is 10.0 Å². The molecule has 23 heavy (non-hydrogen) atoms. The lowest BCUT2D eigenvalue weighted by Crippen LogP contribution is -2.31. The molecule has 1 aromatic heterocycles. The second kappa shape index (κ2) is 6.12. The van der Waals surface area contributed by atoms with E-state index >= 15 is 0 Å². The Bertz CT molecular complexity index is 696. The lowest BCUT2D eigenvalue weighted by atomic mass is 10.0. The fraction of sp³-hybridized carbons (Fsp3) is 0.412. The lowest BCUT2D eigenvalue weighted by Gasteiger charge is -2.24. The molecule has 1 fully saturated rings. The van der Waals surface area contributed by atoms with Crippen LogP contribution in [0.15, 0.2) is 36.7 Å². The number of hydrogen-bond acceptors (Lipinski definition) is 3. The number of β-amino-alcohol motifs (C(OH)–C–C–N with tert-alkyl or cyclic N) is 1. The fourth-order valence-corrected chi connectivity index (χ4v) is 2.94. The van der Waals surface area contributed by atoms with E-state index in [1.807, 2.05) is 13.8 Å². The summed E-state index contributed by atoms with van der Waals surface area (Å²) in [7, 11) is 0. The summed E-state index contributed by atoms with van der Waals surface area (Å²) in [6.45, 7) is 4.25. The summed E-state index contributed by atoms with van der Waals surface area (Å²) in [5.41, 5.74) is 1.33. The number of rotatable bonds is 3. The SMILES string of the molecule is CC(C)n1cc(C(=O)N2C[C@H](O)C[C@@H]2c2ccc(F)cc2)cn1. The van der Waals surface area contributed by atoms with E-state index in [4.69, 9.17) is 0 Å². The van der Waals surface area contributed by atoms with Crippen LogP contribution in [0.5, 0.6) is 0 Å². The van der Waals surface area contributed by atoms with Gasteiger partial charge in [0, 0.05) is 18.8 Å². The second-order valence-electron chi connectivity index (χ2n) is 6.22. The first-order valence-electron chi connectivity index (χ1n) is 7.74. The highest BCUT2D eigenvalue weighted by Gasteiger charge is 2.36. The highest BCUT2D eigenvalue weighted by molar-refractivity contribution is 5.94. The van der Waals surface area contributed by atoms with Crippen LogP contribution in [0.4, 0.5) is 4.39 Å². The van der Waals surface area contributed by atoms with E-state index in [-0.39, 0.29) is 30.4 Å². The van der Waals surface area contributed by atoms with Crippen LogP contribution < -0.4 is 0 Å². The van der Waals surface area contributed by atoms with Crippen LogP contribution in [0.1, 0.15) is 48.3 Å². The van der Waals surface area contributed by atoms with Gasteiger partial charge >= 0.3 is 0 Å². The van der Waals surface area contributed by atoms with Gasteiger partial charge in [-0.05, 0) is 38.0 Å². The van der Waals surface area contributed by atoms with Crippen molar-refractivity contribution in [2.45, 2.75) is 38.5 Å². The van der Waals surface area contributed by atoms with Crippen molar-refractivity contribution in [2.24, 2.45) is 0 Å². The molecule has 3 rings (SSSR count). The van der Waals surface area contributed by atoms with Crippen molar-refractivity contribution in [3.63, 3.8) is 0 Å². The molecule has 1 aliphatic heterocycles. The Morgan fingerprint density at radius 3 is 2.65 bits per heavy atom. The maximum atomic E-state index is 13.1. The van der Waals surface area contributed by atoms with Crippen molar-refractivity contribution >= 4 is 5.91 Å². The van der Waals surface area contributed by atoms with Crippen LogP contribution in [0, 0.1) is 5.82 Å². The van der Waals surface area contributed by atoms with E-state index < -0.39 is 6.10 Å². The Labute approximate surface area is 134 Å². The van der Waals surface area contributed by atoms with Gasteiger partial charge in [0.25, 0.3) is 5.91 Å². The molecule has 1 amide bonds. The number of amides is 1. The molecule has 1 aromatic carbocycles. The fourth-order valence-electron chi connectivity index (χ4n) is 2.94. The third-order valence-corrected chi connectivity index (χ3v) is 4.17. The van der Waals surface area contributed by atoms with Gasteiger partial charge in [0.15, 0.2) is 0 Å².